The second kappa shape index (κ2) is 8.44. The molecule has 0 atom stereocenters. The van der Waals surface area contributed by atoms with Gasteiger partial charge < -0.3 is 9.47 Å². The van der Waals surface area contributed by atoms with E-state index in [0.717, 1.165) is 14.2 Å². The van der Waals surface area contributed by atoms with Crippen LogP contribution in [0.5, 0.6) is 5.75 Å². The van der Waals surface area contributed by atoms with Crippen LogP contribution < -0.4 is 4.74 Å². The number of benzene rings is 1. The number of methoxy groups -OCH3 is 1. The Morgan fingerprint density at radius 2 is 1.96 bits per heavy atom. The van der Waals surface area contributed by atoms with Gasteiger partial charge in [-0.2, -0.15) is 4.31 Å². The van der Waals surface area contributed by atoms with Crippen LogP contribution in [-0.4, -0.2) is 40.1 Å². The normalized spacial score (nSPS) is 11.9. The zero-order chi connectivity index (χ0) is 17.7. The Kier molecular flexibility index (Phi) is 6.82. The van der Waals surface area contributed by atoms with Crippen LogP contribution >= 0.6 is 27.3 Å². The maximum absolute atomic E-state index is 12.7. The Balaban J connectivity index is 2.14. The number of nitrogens with zero attached hydrogens (tertiary/aromatic N) is 1. The van der Waals surface area contributed by atoms with Gasteiger partial charge in [0.15, 0.2) is 0 Å². The molecule has 0 saturated heterocycles. The van der Waals surface area contributed by atoms with E-state index in [1.165, 1.54) is 15.6 Å². The summed E-state index contributed by atoms with van der Waals surface area (Å²) in [5, 5.41) is 0. The number of aryl methyl sites for hydroxylation is 1. The molecule has 0 unspecified atom stereocenters. The minimum atomic E-state index is -3.55. The molecule has 132 valence electrons. The fourth-order valence-corrected chi connectivity index (χ4v) is 4.95. The molecule has 0 aliphatic heterocycles. The van der Waals surface area contributed by atoms with E-state index in [1.54, 1.807) is 32.4 Å². The van der Waals surface area contributed by atoms with Crippen molar-refractivity contribution in [2.24, 2.45) is 0 Å². The first-order chi connectivity index (χ1) is 11.3. The number of hydrogen-bond acceptors (Lipinski definition) is 5. The third kappa shape index (κ3) is 4.80. The van der Waals surface area contributed by atoms with Crippen LogP contribution in [0.15, 0.2) is 39.0 Å². The molecule has 0 fully saturated rings. The van der Waals surface area contributed by atoms with E-state index in [4.69, 9.17) is 9.47 Å². The summed E-state index contributed by atoms with van der Waals surface area (Å²) >= 11 is 4.91. The fraction of sp³-hybridized carbons (Fsp3) is 0.375. The summed E-state index contributed by atoms with van der Waals surface area (Å²) in [6.45, 7) is 3.08. The van der Waals surface area contributed by atoms with Crippen molar-refractivity contribution < 1.29 is 17.9 Å². The van der Waals surface area contributed by atoms with Crippen molar-refractivity contribution in [1.29, 1.82) is 0 Å². The van der Waals surface area contributed by atoms with E-state index < -0.39 is 10.0 Å². The zero-order valence-corrected chi connectivity index (χ0v) is 17.0. The molecule has 0 aliphatic carbocycles. The molecule has 8 heteroatoms. The van der Waals surface area contributed by atoms with E-state index in [0.29, 0.717) is 25.5 Å². The van der Waals surface area contributed by atoms with Crippen molar-refractivity contribution in [1.82, 2.24) is 4.31 Å². The molecule has 0 N–H and O–H groups in total. The summed E-state index contributed by atoms with van der Waals surface area (Å²) in [5.74, 6) is 0.663. The molecule has 0 saturated carbocycles. The van der Waals surface area contributed by atoms with Gasteiger partial charge in [0, 0.05) is 25.6 Å². The average molecular weight is 434 g/mol. The highest BCUT2D eigenvalue weighted by atomic mass is 79.9. The predicted molar refractivity (Wildman–Crippen MR) is 99.2 cm³/mol. The number of hydrogen-bond donors (Lipinski definition) is 0. The number of thiophene rings is 1. The minimum Gasteiger partial charge on any atom is -0.491 e. The summed E-state index contributed by atoms with van der Waals surface area (Å²) in [6.07, 6.45) is 0. The Labute approximate surface area is 155 Å². The van der Waals surface area contributed by atoms with Gasteiger partial charge in [0.1, 0.15) is 12.4 Å². The van der Waals surface area contributed by atoms with Gasteiger partial charge in [-0.25, -0.2) is 8.42 Å². The molecule has 0 spiro atoms. The monoisotopic (exact) mass is 433 g/mol. The second-order valence-electron chi connectivity index (χ2n) is 5.24. The molecule has 0 bridgehead atoms. The maximum atomic E-state index is 12.7. The van der Waals surface area contributed by atoms with Crippen LogP contribution in [-0.2, 0) is 21.3 Å². The number of halogens is 1. The van der Waals surface area contributed by atoms with Gasteiger partial charge >= 0.3 is 0 Å². The first-order valence-electron chi connectivity index (χ1n) is 7.27. The Morgan fingerprint density at radius 1 is 1.21 bits per heavy atom. The molecule has 5 nitrogen and oxygen atoms in total. The molecule has 1 aromatic heterocycles. The predicted octanol–water partition coefficient (Wildman–Crippen LogP) is 3.66. The van der Waals surface area contributed by atoms with E-state index >= 15 is 0 Å². The molecular formula is C16H20BrNO4S2. The second-order valence-corrected chi connectivity index (χ2v) is 9.83. The van der Waals surface area contributed by atoms with Gasteiger partial charge in [-0.3, -0.25) is 0 Å². The van der Waals surface area contributed by atoms with Gasteiger partial charge in [-0.05, 0) is 58.7 Å². The maximum Gasteiger partial charge on any atom is 0.243 e. The SMILES string of the molecule is COCCOc1ccc(S(=O)(=O)N(C)Cc2ccc(Br)s2)cc1C. The highest BCUT2D eigenvalue weighted by Crippen LogP contribution is 2.27. The van der Waals surface area contributed by atoms with E-state index in [2.05, 4.69) is 15.9 Å². The Morgan fingerprint density at radius 3 is 2.54 bits per heavy atom. The topological polar surface area (TPSA) is 55.8 Å². The van der Waals surface area contributed by atoms with Crippen LogP contribution in [0.3, 0.4) is 0 Å². The van der Waals surface area contributed by atoms with Crippen molar-refractivity contribution in [2.75, 3.05) is 27.4 Å². The fourth-order valence-electron chi connectivity index (χ4n) is 2.10. The minimum absolute atomic E-state index is 0.261. The van der Waals surface area contributed by atoms with Crippen LogP contribution in [0.2, 0.25) is 0 Å². The summed E-state index contributed by atoms with van der Waals surface area (Å²) < 4.78 is 38.3. The van der Waals surface area contributed by atoms with Crippen LogP contribution in [0, 0.1) is 6.92 Å². The number of rotatable bonds is 8. The van der Waals surface area contributed by atoms with Crippen LogP contribution in [0.1, 0.15) is 10.4 Å². The van der Waals surface area contributed by atoms with Crippen molar-refractivity contribution in [3.05, 3.63) is 44.6 Å². The summed E-state index contributed by atoms with van der Waals surface area (Å²) in [5.41, 5.74) is 0.777. The highest BCUT2D eigenvalue weighted by molar-refractivity contribution is 9.11. The summed E-state index contributed by atoms with van der Waals surface area (Å²) in [4.78, 5) is 1.24. The largest absolute Gasteiger partial charge is 0.491 e. The first kappa shape index (κ1) is 19.4. The molecule has 2 rings (SSSR count). The molecule has 2 aromatic rings. The van der Waals surface area contributed by atoms with Crippen molar-refractivity contribution >= 4 is 37.3 Å². The molecule has 0 radical (unpaired) electrons. The lowest BCUT2D eigenvalue weighted by atomic mass is 10.2. The third-order valence-corrected chi connectivity index (χ3v) is 6.81. The lowest BCUT2D eigenvalue weighted by Gasteiger charge is -2.17. The third-order valence-electron chi connectivity index (χ3n) is 3.41. The van der Waals surface area contributed by atoms with Crippen LogP contribution in [0.25, 0.3) is 0 Å². The van der Waals surface area contributed by atoms with Gasteiger partial charge in [-0.15, -0.1) is 11.3 Å². The van der Waals surface area contributed by atoms with Gasteiger partial charge in [-0.1, -0.05) is 0 Å². The smallest absolute Gasteiger partial charge is 0.243 e. The molecular weight excluding hydrogens is 414 g/mol. The number of sulfonamides is 1. The van der Waals surface area contributed by atoms with Crippen molar-refractivity contribution in [3.63, 3.8) is 0 Å². The van der Waals surface area contributed by atoms with Gasteiger partial charge in [0.05, 0.1) is 15.3 Å². The molecule has 1 heterocycles. The van der Waals surface area contributed by atoms with Crippen molar-refractivity contribution in [2.45, 2.75) is 18.4 Å². The Hall–Kier alpha value is -0.930. The van der Waals surface area contributed by atoms with E-state index in [1.807, 2.05) is 19.1 Å². The summed E-state index contributed by atoms with van der Waals surface area (Å²) in [7, 11) is -0.358. The molecule has 24 heavy (non-hydrogen) atoms. The van der Waals surface area contributed by atoms with Crippen LogP contribution in [0.4, 0.5) is 0 Å². The molecule has 0 aliphatic rings. The lowest BCUT2D eigenvalue weighted by Crippen LogP contribution is -2.26. The first-order valence-corrected chi connectivity index (χ1v) is 10.3. The summed E-state index contributed by atoms with van der Waals surface area (Å²) in [6, 6.07) is 8.73. The molecule has 0 amide bonds. The van der Waals surface area contributed by atoms with E-state index in [-0.39, 0.29) is 4.90 Å². The molecule has 1 aromatic carbocycles. The highest BCUT2D eigenvalue weighted by Gasteiger charge is 2.22. The quantitative estimate of drug-likeness (QED) is 0.595. The Bertz CT molecular complexity index is 789. The zero-order valence-electron chi connectivity index (χ0n) is 13.8. The number of ether oxygens (including phenoxy) is 2. The van der Waals surface area contributed by atoms with Gasteiger partial charge in [0.25, 0.3) is 0 Å². The average Bonchev–Trinajstić information content (AvgIpc) is 2.94. The standard InChI is InChI=1S/C16H20BrNO4S2/c1-12-10-14(5-6-15(12)22-9-8-21-3)24(19,20)18(2)11-13-4-7-16(17)23-13/h4-7,10H,8-9,11H2,1-3H3. The van der Waals surface area contributed by atoms with Crippen molar-refractivity contribution in [3.8, 4) is 5.75 Å². The lowest BCUT2D eigenvalue weighted by molar-refractivity contribution is 0.146. The van der Waals surface area contributed by atoms with E-state index in [9.17, 15) is 8.42 Å². The van der Waals surface area contributed by atoms with Gasteiger partial charge in [0.2, 0.25) is 10.0 Å².